The molecule has 0 unspecified atom stereocenters. The van der Waals surface area contributed by atoms with Gasteiger partial charge in [-0.1, -0.05) is 0 Å². The van der Waals surface area contributed by atoms with Crippen molar-refractivity contribution in [1.82, 2.24) is 35.1 Å². The highest BCUT2D eigenvalue weighted by molar-refractivity contribution is 5.82. The molecule has 11 nitrogen and oxygen atoms in total. The number of carbonyl (C=O) groups is 1. The van der Waals surface area contributed by atoms with Crippen LogP contribution >= 0.6 is 0 Å². The van der Waals surface area contributed by atoms with Crippen LogP contribution in [0.2, 0.25) is 0 Å². The Hall–Kier alpha value is -4.26. The van der Waals surface area contributed by atoms with E-state index in [0.717, 1.165) is 12.1 Å². The minimum absolute atomic E-state index is 0.127. The SMILES string of the molecule is CN(C)CCNC(=O)C1(C)COC(c2nc(-c3ccc(F)cc3)c(-c3ccnc(NCc4ccncc4)n3)[nH]2)OC1. The van der Waals surface area contributed by atoms with Crippen molar-refractivity contribution in [2.75, 3.05) is 45.7 Å². The van der Waals surface area contributed by atoms with Crippen molar-refractivity contribution in [3.05, 3.63) is 78.3 Å². The van der Waals surface area contributed by atoms with E-state index in [1.54, 1.807) is 36.8 Å². The van der Waals surface area contributed by atoms with Gasteiger partial charge in [-0.05, 0) is 69.0 Å². The molecule has 5 rings (SSSR count). The summed E-state index contributed by atoms with van der Waals surface area (Å²) in [5, 5.41) is 6.17. The summed E-state index contributed by atoms with van der Waals surface area (Å²) in [6.45, 7) is 3.92. The molecule has 3 aromatic heterocycles. The van der Waals surface area contributed by atoms with Crippen LogP contribution in [0.1, 0.15) is 24.6 Å². The van der Waals surface area contributed by atoms with Gasteiger partial charge in [0.1, 0.15) is 5.82 Å². The number of hydrogen-bond acceptors (Lipinski definition) is 9. The van der Waals surface area contributed by atoms with E-state index in [0.29, 0.717) is 47.5 Å². The second-order valence-corrected chi connectivity index (χ2v) is 10.4. The largest absolute Gasteiger partial charge is 0.354 e. The number of rotatable bonds is 10. The lowest BCUT2D eigenvalue weighted by atomic mass is 9.91. The van der Waals surface area contributed by atoms with Crippen LogP contribution in [0.5, 0.6) is 0 Å². The fraction of sp³-hybridized carbons (Fsp3) is 0.345. The van der Waals surface area contributed by atoms with E-state index in [-0.39, 0.29) is 24.9 Å². The molecule has 3 N–H and O–H groups in total. The van der Waals surface area contributed by atoms with Gasteiger partial charge in [-0.2, -0.15) is 0 Å². The monoisotopic (exact) mass is 560 g/mol. The van der Waals surface area contributed by atoms with Crippen LogP contribution in [0, 0.1) is 11.2 Å². The van der Waals surface area contributed by atoms with Crippen molar-refractivity contribution in [2.45, 2.75) is 19.8 Å². The first kappa shape index (κ1) is 28.3. The molecule has 1 fully saturated rings. The number of aromatic nitrogens is 5. The summed E-state index contributed by atoms with van der Waals surface area (Å²) in [5.41, 5.74) is 2.63. The highest BCUT2D eigenvalue weighted by Gasteiger charge is 2.40. The molecule has 0 atom stereocenters. The van der Waals surface area contributed by atoms with Crippen LogP contribution in [-0.4, -0.2) is 76.1 Å². The molecule has 1 saturated heterocycles. The van der Waals surface area contributed by atoms with Crippen molar-refractivity contribution in [1.29, 1.82) is 0 Å². The number of ether oxygens (including phenoxy) is 2. The third-order valence-corrected chi connectivity index (χ3v) is 6.67. The van der Waals surface area contributed by atoms with Crippen LogP contribution in [0.25, 0.3) is 22.6 Å². The van der Waals surface area contributed by atoms with E-state index < -0.39 is 11.7 Å². The van der Waals surface area contributed by atoms with Gasteiger partial charge in [-0.3, -0.25) is 9.78 Å². The average Bonchev–Trinajstić information content (AvgIpc) is 3.43. The zero-order valence-corrected chi connectivity index (χ0v) is 23.2. The Morgan fingerprint density at radius 2 is 1.80 bits per heavy atom. The number of anilines is 1. The number of halogens is 1. The molecule has 1 aromatic carbocycles. The predicted molar refractivity (Wildman–Crippen MR) is 151 cm³/mol. The second-order valence-electron chi connectivity index (χ2n) is 10.4. The zero-order valence-electron chi connectivity index (χ0n) is 23.2. The number of nitrogens with zero attached hydrogens (tertiary/aromatic N) is 5. The van der Waals surface area contributed by atoms with Crippen LogP contribution in [0.15, 0.2) is 61.1 Å². The Balaban J connectivity index is 1.36. The van der Waals surface area contributed by atoms with Crippen LogP contribution in [-0.2, 0) is 20.8 Å². The van der Waals surface area contributed by atoms with Crippen molar-refractivity contribution in [3.8, 4) is 22.6 Å². The molecule has 4 heterocycles. The molecule has 1 aliphatic rings. The Morgan fingerprint density at radius 3 is 2.51 bits per heavy atom. The summed E-state index contributed by atoms with van der Waals surface area (Å²) >= 11 is 0. The lowest BCUT2D eigenvalue weighted by Crippen LogP contribution is -2.49. The first-order chi connectivity index (χ1) is 19.8. The lowest BCUT2D eigenvalue weighted by molar-refractivity contribution is -0.231. The summed E-state index contributed by atoms with van der Waals surface area (Å²) in [6, 6.07) is 11.6. The highest BCUT2D eigenvalue weighted by atomic mass is 19.1. The third kappa shape index (κ3) is 6.91. The molecule has 12 heteroatoms. The van der Waals surface area contributed by atoms with Gasteiger partial charge in [0.05, 0.1) is 35.7 Å². The Kier molecular flexibility index (Phi) is 8.62. The quantitative estimate of drug-likeness (QED) is 0.267. The average molecular weight is 561 g/mol. The van der Waals surface area contributed by atoms with E-state index >= 15 is 0 Å². The molecule has 0 bridgehead atoms. The minimum Gasteiger partial charge on any atom is -0.354 e. The Labute approximate surface area is 237 Å². The fourth-order valence-electron chi connectivity index (χ4n) is 4.27. The first-order valence-electron chi connectivity index (χ1n) is 13.3. The van der Waals surface area contributed by atoms with Gasteiger partial charge < -0.3 is 30.0 Å². The number of H-pyrrole nitrogens is 1. The zero-order chi connectivity index (χ0) is 28.8. The molecule has 0 radical (unpaired) electrons. The van der Waals surface area contributed by atoms with Gasteiger partial charge in [-0.15, -0.1) is 0 Å². The Bertz CT molecular complexity index is 1450. The number of benzene rings is 1. The van der Waals surface area contributed by atoms with Gasteiger partial charge in [0.25, 0.3) is 0 Å². The molecule has 0 aliphatic carbocycles. The lowest BCUT2D eigenvalue weighted by Gasteiger charge is -2.35. The summed E-state index contributed by atoms with van der Waals surface area (Å²) < 4.78 is 25.7. The molecule has 41 heavy (non-hydrogen) atoms. The molecule has 0 saturated carbocycles. The van der Waals surface area contributed by atoms with Crippen molar-refractivity contribution in [2.24, 2.45) is 5.41 Å². The molecular formula is C29H33FN8O3. The van der Waals surface area contributed by atoms with E-state index in [1.807, 2.05) is 38.1 Å². The van der Waals surface area contributed by atoms with Gasteiger partial charge in [0.15, 0.2) is 5.82 Å². The minimum atomic E-state index is -0.833. The molecule has 1 aliphatic heterocycles. The van der Waals surface area contributed by atoms with Crippen LogP contribution in [0.3, 0.4) is 0 Å². The van der Waals surface area contributed by atoms with Gasteiger partial charge in [0.2, 0.25) is 18.1 Å². The summed E-state index contributed by atoms with van der Waals surface area (Å²) in [6.07, 6.45) is 4.28. The van der Waals surface area contributed by atoms with E-state index in [9.17, 15) is 9.18 Å². The smallest absolute Gasteiger partial charge is 0.230 e. The number of pyridine rings is 1. The molecule has 1 amide bonds. The van der Waals surface area contributed by atoms with Crippen LogP contribution in [0.4, 0.5) is 10.3 Å². The van der Waals surface area contributed by atoms with E-state index in [4.69, 9.17) is 14.5 Å². The molecule has 0 spiro atoms. The summed E-state index contributed by atoms with van der Waals surface area (Å²) in [4.78, 5) is 35.9. The Morgan fingerprint density at radius 1 is 1.07 bits per heavy atom. The van der Waals surface area contributed by atoms with E-state index in [1.165, 1.54) is 12.1 Å². The van der Waals surface area contributed by atoms with E-state index in [2.05, 4.69) is 30.6 Å². The number of nitrogens with one attached hydrogen (secondary N) is 3. The molecule has 4 aromatic rings. The van der Waals surface area contributed by atoms with Gasteiger partial charge in [0, 0.05) is 43.8 Å². The topological polar surface area (TPSA) is 130 Å². The number of likely N-dealkylation sites (N-methyl/N-ethyl adjacent to an activating group) is 1. The standard InChI is InChI=1S/C29H33FN8O3/c1-29(27(39)32-14-15-38(2)3)17-40-26(41-18-29)25-36-23(20-4-6-21(30)7-5-20)24(37-25)22-10-13-33-28(35-22)34-16-19-8-11-31-12-9-19/h4-13,26H,14-18H2,1-3H3,(H,32,39)(H,36,37)(H,33,34,35). The van der Waals surface area contributed by atoms with Crippen molar-refractivity contribution < 1.29 is 18.7 Å². The number of carbonyl (C=O) groups excluding carboxylic acids is 1. The number of hydrogen-bond donors (Lipinski definition) is 3. The maximum atomic E-state index is 13.7. The maximum absolute atomic E-state index is 13.7. The van der Waals surface area contributed by atoms with Gasteiger partial charge in [-0.25, -0.2) is 19.3 Å². The number of amides is 1. The second kappa shape index (κ2) is 12.5. The number of imidazole rings is 1. The number of aromatic amines is 1. The van der Waals surface area contributed by atoms with Crippen molar-refractivity contribution >= 4 is 11.9 Å². The predicted octanol–water partition coefficient (Wildman–Crippen LogP) is 3.41. The first-order valence-corrected chi connectivity index (χ1v) is 13.3. The molecular weight excluding hydrogens is 527 g/mol. The molecule has 214 valence electrons. The summed E-state index contributed by atoms with van der Waals surface area (Å²) in [5.74, 6) is 0.372. The fourth-order valence-corrected chi connectivity index (χ4v) is 4.27. The van der Waals surface area contributed by atoms with Crippen molar-refractivity contribution in [3.63, 3.8) is 0 Å². The third-order valence-electron chi connectivity index (χ3n) is 6.67. The van der Waals surface area contributed by atoms with Crippen LogP contribution < -0.4 is 10.6 Å². The summed E-state index contributed by atoms with van der Waals surface area (Å²) in [7, 11) is 3.90. The van der Waals surface area contributed by atoms with Gasteiger partial charge >= 0.3 is 0 Å². The normalized spacial score (nSPS) is 18.8. The highest BCUT2D eigenvalue weighted by Crippen LogP contribution is 2.35. The maximum Gasteiger partial charge on any atom is 0.230 e.